The molecule has 0 bridgehead atoms. The Morgan fingerprint density at radius 3 is 2.47 bits per heavy atom. The maximum Gasteiger partial charge on any atom is 0.147 e. The van der Waals surface area contributed by atoms with Crippen molar-refractivity contribution in [3.05, 3.63) is 85.5 Å². The molecule has 5 rings (SSSR count). The minimum atomic E-state index is 0.709. The summed E-state index contributed by atoms with van der Waals surface area (Å²) in [5, 5.41) is 11.8. The zero-order valence-electron chi connectivity index (χ0n) is 16.1. The first kappa shape index (κ1) is 17.7. The molecule has 0 fully saturated rings. The van der Waals surface area contributed by atoms with Crippen LogP contribution in [0.3, 0.4) is 0 Å². The van der Waals surface area contributed by atoms with E-state index >= 15 is 0 Å². The predicted octanol–water partition coefficient (Wildman–Crippen LogP) is 4.43. The Balaban J connectivity index is 1.39. The van der Waals surface area contributed by atoms with Crippen molar-refractivity contribution in [2.75, 3.05) is 5.32 Å². The van der Waals surface area contributed by atoms with Gasteiger partial charge in [0.2, 0.25) is 0 Å². The molecule has 0 aliphatic carbocycles. The van der Waals surface area contributed by atoms with Gasteiger partial charge >= 0.3 is 0 Å². The molecular formula is C22H17N7O. The topological polar surface area (TPSA) is 94.6 Å². The maximum atomic E-state index is 5.24. The van der Waals surface area contributed by atoms with Crippen LogP contribution in [0.4, 0.5) is 11.5 Å². The molecule has 0 saturated carbocycles. The van der Waals surface area contributed by atoms with Crippen molar-refractivity contribution in [2.45, 2.75) is 6.92 Å². The second kappa shape index (κ2) is 7.59. The number of aromatic nitrogens is 6. The highest BCUT2D eigenvalue weighted by Gasteiger charge is 2.13. The van der Waals surface area contributed by atoms with Gasteiger partial charge in [-0.2, -0.15) is 5.10 Å². The van der Waals surface area contributed by atoms with Crippen molar-refractivity contribution in [3.63, 3.8) is 0 Å². The van der Waals surface area contributed by atoms with Crippen molar-refractivity contribution >= 4 is 11.5 Å². The summed E-state index contributed by atoms with van der Waals surface area (Å²) in [6, 6.07) is 15.6. The molecule has 5 aromatic rings. The third-order valence-electron chi connectivity index (χ3n) is 4.61. The van der Waals surface area contributed by atoms with Gasteiger partial charge < -0.3 is 9.84 Å². The highest BCUT2D eigenvalue weighted by molar-refractivity contribution is 5.80. The molecule has 0 aliphatic rings. The van der Waals surface area contributed by atoms with Gasteiger partial charge in [0.25, 0.3) is 0 Å². The first-order valence-electron chi connectivity index (χ1n) is 9.33. The van der Waals surface area contributed by atoms with Gasteiger partial charge in [-0.15, -0.1) is 0 Å². The van der Waals surface area contributed by atoms with Crippen LogP contribution >= 0.6 is 0 Å². The van der Waals surface area contributed by atoms with Gasteiger partial charge in [0.05, 0.1) is 5.69 Å². The second-order valence-electron chi connectivity index (χ2n) is 6.65. The smallest absolute Gasteiger partial charge is 0.147 e. The lowest BCUT2D eigenvalue weighted by molar-refractivity contribution is 0.422. The number of anilines is 2. The van der Waals surface area contributed by atoms with E-state index in [0.717, 1.165) is 39.6 Å². The Morgan fingerprint density at radius 2 is 1.70 bits per heavy atom. The Hall–Kier alpha value is -4.33. The highest BCUT2D eigenvalue weighted by Crippen LogP contribution is 2.31. The summed E-state index contributed by atoms with van der Waals surface area (Å²) in [7, 11) is 0. The van der Waals surface area contributed by atoms with E-state index < -0.39 is 0 Å². The average molecular weight is 395 g/mol. The van der Waals surface area contributed by atoms with Crippen molar-refractivity contribution in [3.8, 4) is 28.1 Å². The fraction of sp³-hybridized carbons (Fsp3) is 0.0455. The summed E-state index contributed by atoms with van der Waals surface area (Å²) >= 11 is 0. The molecule has 0 atom stereocenters. The molecule has 1 aromatic carbocycles. The number of hydrogen-bond donors (Lipinski definition) is 1. The van der Waals surface area contributed by atoms with E-state index in [2.05, 4.69) is 30.5 Å². The lowest BCUT2D eigenvalue weighted by atomic mass is 10.0. The van der Waals surface area contributed by atoms with E-state index in [1.165, 1.54) is 0 Å². The normalized spacial score (nSPS) is 10.8. The van der Waals surface area contributed by atoms with E-state index in [4.69, 9.17) is 4.52 Å². The minimum absolute atomic E-state index is 0.709. The summed E-state index contributed by atoms with van der Waals surface area (Å²) in [4.78, 5) is 12.6. The Labute approximate surface area is 172 Å². The van der Waals surface area contributed by atoms with Gasteiger partial charge in [-0.1, -0.05) is 5.16 Å². The zero-order valence-corrected chi connectivity index (χ0v) is 16.1. The zero-order chi connectivity index (χ0) is 20.3. The van der Waals surface area contributed by atoms with Gasteiger partial charge in [-0.3, -0.25) is 4.98 Å². The molecule has 0 aliphatic heterocycles. The lowest BCUT2D eigenvalue weighted by Gasteiger charge is -2.08. The molecule has 0 saturated heterocycles. The average Bonchev–Trinajstić information content (AvgIpc) is 3.45. The van der Waals surface area contributed by atoms with Gasteiger partial charge in [-0.25, -0.2) is 14.6 Å². The fourth-order valence-corrected chi connectivity index (χ4v) is 3.14. The lowest BCUT2D eigenvalue weighted by Crippen LogP contribution is -1.97. The second-order valence-corrected chi connectivity index (χ2v) is 6.65. The molecule has 8 heteroatoms. The number of benzene rings is 1. The first-order valence-corrected chi connectivity index (χ1v) is 9.33. The Morgan fingerprint density at radius 1 is 0.900 bits per heavy atom. The van der Waals surface area contributed by atoms with Crippen molar-refractivity contribution in [2.24, 2.45) is 0 Å². The van der Waals surface area contributed by atoms with Crippen LogP contribution in [0.15, 0.2) is 84.2 Å². The molecule has 0 amide bonds. The van der Waals surface area contributed by atoms with E-state index in [1.807, 2.05) is 55.5 Å². The van der Waals surface area contributed by atoms with E-state index in [9.17, 15) is 0 Å². The van der Waals surface area contributed by atoms with Gasteiger partial charge in [0.1, 0.15) is 29.9 Å². The fourth-order valence-electron chi connectivity index (χ4n) is 3.14. The highest BCUT2D eigenvalue weighted by atomic mass is 16.5. The molecule has 30 heavy (non-hydrogen) atoms. The number of aryl methyl sites for hydroxylation is 1. The third-order valence-corrected chi connectivity index (χ3v) is 4.61. The van der Waals surface area contributed by atoms with Crippen LogP contribution in [0.25, 0.3) is 28.1 Å². The van der Waals surface area contributed by atoms with Gasteiger partial charge in [0.15, 0.2) is 0 Å². The van der Waals surface area contributed by atoms with Gasteiger partial charge in [0, 0.05) is 35.4 Å². The molecule has 0 spiro atoms. The van der Waals surface area contributed by atoms with Crippen LogP contribution in [-0.2, 0) is 0 Å². The van der Waals surface area contributed by atoms with Crippen molar-refractivity contribution < 1.29 is 4.52 Å². The van der Waals surface area contributed by atoms with Crippen molar-refractivity contribution in [1.82, 2.24) is 29.9 Å². The van der Waals surface area contributed by atoms with Gasteiger partial charge in [-0.05, 0) is 61.0 Å². The molecular weight excluding hydrogens is 378 g/mol. The summed E-state index contributed by atoms with van der Waals surface area (Å²) in [5.41, 5.74) is 5.40. The minimum Gasteiger partial charge on any atom is -0.363 e. The summed E-state index contributed by atoms with van der Waals surface area (Å²) in [6.45, 7) is 1.86. The largest absolute Gasteiger partial charge is 0.363 e. The van der Waals surface area contributed by atoms with Crippen LogP contribution in [0.2, 0.25) is 0 Å². The summed E-state index contributed by atoms with van der Waals surface area (Å²) < 4.78 is 6.98. The number of pyridine rings is 2. The molecule has 4 heterocycles. The SMILES string of the molecule is Cc1ncn(-c2ccc(Nc3cc(-c4nocc4-c4ccncc4)ccn3)cc2)n1. The van der Waals surface area contributed by atoms with Crippen LogP contribution in [-0.4, -0.2) is 29.9 Å². The van der Waals surface area contributed by atoms with Crippen LogP contribution in [0.5, 0.6) is 0 Å². The van der Waals surface area contributed by atoms with Crippen LogP contribution in [0.1, 0.15) is 5.82 Å². The molecule has 146 valence electrons. The summed E-state index contributed by atoms with van der Waals surface area (Å²) in [5.74, 6) is 1.44. The number of nitrogens with zero attached hydrogens (tertiary/aromatic N) is 6. The number of hydrogen-bond acceptors (Lipinski definition) is 7. The van der Waals surface area contributed by atoms with E-state index in [1.54, 1.807) is 35.9 Å². The Kier molecular flexibility index (Phi) is 4.49. The molecule has 0 radical (unpaired) electrons. The summed E-state index contributed by atoms with van der Waals surface area (Å²) in [6.07, 6.45) is 8.57. The van der Waals surface area contributed by atoms with E-state index in [-0.39, 0.29) is 0 Å². The van der Waals surface area contributed by atoms with E-state index in [0.29, 0.717) is 5.82 Å². The Bertz CT molecular complexity index is 1280. The van der Waals surface area contributed by atoms with Crippen LogP contribution < -0.4 is 5.32 Å². The molecule has 4 aromatic heterocycles. The monoisotopic (exact) mass is 395 g/mol. The number of rotatable bonds is 5. The van der Waals surface area contributed by atoms with Crippen LogP contribution in [0, 0.1) is 6.92 Å². The molecule has 8 nitrogen and oxygen atoms in total. The quantitative estimate of drug-likeness (QED) is 0.470. The maximum absolute atomic E-state index is 5.24. The molecule has 0 unspecified atom stereocenters. The number of nitrogens with one attached hydrogen (secondary N) is 1. The third kappa shape index (κ3) is 3.53. The predicted molar refractivity (Wildman–Crippen MR) is 112 cm³/mol. The van der Waals surface area contributed by atoms with Crippen molar-refractivity contribution in [1.29, 1.82) is 0 Å². The first-order chi connectivity index (χ1) is 14.8. The molecule has 1 N–H and O–H groups in total. The standard InChI is InChI=1S/C22H17N7O/c1-15-25-14-29(27-15)19-4-2-18(3-5-19)26-21-12-17(8-11-24-21)22-20(13-30-28-22)16-6-9-23-10-7-16/h2-14H,1H3,(H,24,26).